The van der Waals surface area contributed by atoms with Crippen LogP contribution in [0.15, 0.2) is 4.99 Å². The molecule has 0 aromatic rings. The molecule has 2 aliphatic rings. The molecular weight excluding hydrogens is 415 g/mol. The van der Waals surface area contributed by atoms with Crippen LogP contribution in [0.5, 0.6) is 0 Å². The van der Waals surface area contributed by atoms with E-state index in [2.05, 4.69) is 29.5 Å². The van der Waals surface area contributed by atoms with Crippen LogP contribution in [0, 0.1) is 11.3 Å². The average molecular weight is 452 g/mol. The van der Waals surface area contributed by atoms with Gasteiger partial charge >= 0.3 is 0 Å². The monoisotopic (exact) mass is 452 g/mol. The van der Waals surface area contributed by atoms with Gasteiger partial charge in [0, 0.05) is 39.9 Å². The number of likely N-dealkylation sites (tertiary alicyclic amines) is 1. The second-order valence-corrected chi connectivity index (χ2v) is 7.44. The van der Waals surface area contributed by atoms with Gasteiger partial charge in [0.1, 0.15) is 0 Å². The molecule has 0 radical (unpaired) electrons. The lowest BCUT2D eigenvalue weighted by Crippen LogP contribution is -2.44. The minimum Gasteiger partial charge on any atom is -0.385 e. The van der Waals surface area contributed by atoms with E-state index in [9.17, 15) is 0 Å². The fourth-order valence-corrected chi connectivity index (χ4v) is 3.75. The molecule has 1 unspecified atom stereocenters. The number of nitrogens with zero attached hydrogens (tertiary/aromatic N) is 2. The number of aliphatic imine (C=N–C) groups is 1. The van der Waals surface area contributed by atoms with Gasteiger partial charge in [0.15, 0.2) is 5.96 Å². The standard InChI is InChI=1S/C18H36N4O.HI/c1-4-19-17(20-13-16-7-5-11-22(2)14-16)21-15-18(8-6-9-18)10-12-23-3;/h16H,4-15H2,1-3H3,(H2,19,20,21);1H. The number of piperidine rings is 1. The number of hydrogen-bond donors (Lipinski definition) is 2. The molecule has 5 nitrogen and oxygen atoms in total. The Balaban J connectivity index is 0.00000288. The van der Waals surface area contributed by atoms with Gasteiger partial charge in [-0.2, -0.15) is 0 Å². The summed E-state index contributed by atoms with van der Waals surface area (Å²) in [6.45, 7) is 8.30. The molecule has 0 amide bonds. The van der Waals surface area contributed by atoms with Gasteiger partial charge in [0.05, 0.1) is 0 Å². The highest BCUT2D eigenvalue weighted by atomic mass is 127. The molecule has 6 heteroatoms. The molecular formula is C18H37IN4O. The van der Waals surface area contributed by atoms with Crippen LogP contribution in [0.1, 0.15) is 45.4 Å². The van der Waals surface area contributed by atoms with Gasteiger partial charge in [-0.25, -0.2) is 0 Å². The van der Waals surface area contributed by atoms with E-state index in [-0.39, 0.29) is 24.0 Å². The van der Waals surface area contributed by atoms with E-state index in [4.69, 9.17) is 9.73 Å². The first-order chi connectivity index (χ1) is 11.2. The van der Waals surface area contributed by atoms with Crippen molar-refractivity contribution in [3.8, 4) is 0 Å². The van der Waals surface area contributed by atoms with Gasteiger partial charge in [0.2, 0.25) is 0 Å². The number of rotatable bonds is 8. The Morgan fingerprint density at radius 2 is 2.08 bits per heavy atom. The number of ether oxygens (including phenoxy) is 1. The molecule has 1 aliphatic heterocycles. The Hall–Kier alpha value is -0.0800. The maximum Gasteiger partial charge on any atom is 0.191 e. The zero-order valence-corrected chi connectivity index (χ0v) is 18.1. The van der Waals surface area contributed by atoms with Crippen LogP contribution < -0.4 is 10.6 Å². The molecule has 1 heterocycles. The minimum atomic E-state index is 0. The Morgan fingerprint density at radius 3 is 2.67 bits per heavy atom. The van der Waals surface area contributed by atoms with Gasteiger partial charge in [-0.05, 0) is 64.0 Å². The van der Waals surface area contributed by atoms with Crippen LogP contribution >= 0.6 is 24.0 Å². The normalized spacial score (nSPS) is 24.0. The van der Waals surface area contributed by atoms with Crippen molar-refractivity contribution in [1.82, 2.24) is 15.5 Å². The lowest BCUT2D eigenvalue weighted by Gasteiger charge is -2.41. The smallest absolute Gasteiger partial charge is 0.191 e. The summed E-state index contributed by atoms with van der Waals surface area (Å²) in [5, 5.41) is 6.97. The molecule has 2 N–H and O–H groups in total. The first-order valence-electron chi connectivity index (χ1n) is 9.37. The lowest BCUT2D eigenvalue weighted by molar-refractivity contribution is 0.0778. The van der Waals surface area contributed by atoms with E-state index in [1.54, 1.807) is 7.11 Å². The number of methoxy groups -OCH3 is 1. The molecule has 2 rings (SSSR count). The molecule has 24 heavy (non-hydrogen) atoms. The third kappa shape index (κ3) is 7.04. The van der Waals surface area contributed by atoms with E-state index in [1.807, 2.05) is 0 Å². The summed E-state index contributed by atoms with van der Waals surface area (Å²) >= 11 is 0. The molecule has 1 saturated carbocycles. The van der Waals surface area contributed by atoms with Crippen molar-refractivity contribution in [2.45, 2.75) is 45.4 Å². The molecule has 2 fully saturated rings. The first kappa shape index (κ1) is 22.0. The van der Waals surface area contributed by atoms with Crippen molar-refractivity contribution >= 4 is 29.9 Å². The third-order valence-corrected chi connectivity index (χ3v) is 5.45. The SMILES string of the molecule is CCNC(=NCC1(CCOC)CCC1)NCC1CCCN(C)C1.I. The highest BCUT2D eigenvalue weighted by Crippen LogP contribution is 2.44. The number of nitrogens with one attached hydrogen (secondary N) is 2. The molecule has 0 aromatic heterocycles. The molecule has 0 bridgehead atoms. The summed E-state index contributed by atoms with van der Waals surface area (Å²) in [7, 11) is 4.02. The van der Waals surface area contributed by atoms with Crippen LogP contribution in [-0.2, 0) is 4.74 Å². The van der Waals surface area contributed by atoms with Crippen molar-refractivity contribution in [2.75, 3.05) is 53.5 Å². The number of hydrogen-bond acceptors (Lipinski definition) is 3. The first-order valence-corrected chi connectivity index (χ1v) is 9.37. The quantitative estimate of drug-likeness (QED) is 0.338. The second-order valence-electron chi connectivity index (χ2n) is 7.44. The molecule has 0 aromatic carbocycles. The van der Waals surface area contributed by atoms with E-state index in [1.165, 1.54) is 45.2 Å². The van der Waals surface area contributed by atoms with Crippen LogP contribution in [0.3, 0.4) is 0 Å². The van der Waals surface area contributed by atoms with E-state index in [0.717, 1.165) is 44.5 Å². The van der Waals surface area contributed by atoms with Gasteiger partial charge < -0.3 is 20.3 Å². The topological polar surface area (TPSA) is 48.9 Å². The van der Waals surface area contributed by atoms with Gasteiger partial charge in [0.25, 0.3) is 0 Å². The van der Waals surface area contributed by atoms with Gasteiger partial charge in [-0.15, -0.1) is 24.0 Å². The fraction of sp³-hybridized carbons (Fsp3) is 0.944. The zero-order chi connectivity index (χ0) is 16.5. The van der Waals surface area contributed by atoms with Crippen molar-refractivity contribution in [3.63, 3.8) is 0 Å². The van der Waals surface area contributed by atoms with E-state index in [0.29, 0.717) is 5.41 Å². The summed E-state index contributed by atoms with van der Waals surface area (Å²) in [5.41, 5.74) is 0.392. The Bertz CT molecular complexity index is 374. The van der Waals surface area contributed by atoms with Crippen molar-refractivity contribution in [1.29, 1.82) is 0 Å². The molecule has 0 spiro atoms. The van der Waals surface area contributed by atoms with Crippen LogP contribution in [0.25, 0.3) is 0 Å². The average Bonchev–Trinajstić information content (AvgIpc) is 2.51. The van der Waals surface area contributed by atoms with E-state index >= 15 is 0 Å². The Kier molecular flexibility index (Phi) is 10.5. The van der Waals surface area contributed by atoms with Crippen molar-refractivity contribution in [3.05, 3.63) is 0 Å². The van der Waals surface area contributed by atoms with Crippen LogP contribution in [0.2, 0.25) is 0 Å². The second kappa shape index (κ2) is 11.5. The summed E-state index contributed by atoms with van der Waals surface area (Å²) in [6.07, 6.45) is 7.72. The lowest BCUT2D eigenvalue weighted by atomic mass is 9.67. The summed E-state index contributed by atoms with van der Waals surface area (Å²) < 4.78 is 5.28. The summed E-state index contributed by atoms with van der Waals surface area (Å²) in [4.78, 5) is 7.33. The van der Waals surface area contributed by atoms with E-state index < -0.39 is 0 Å². The minimum absolute atomic E-state index is 0. The maximum absolute atomic E-state index is 5.28. The van der Waals surface area contributed by atoms with Crippen LogP contribution in [0.4, 0.5) is 0 Å². The molecule has 1 aliphatic carbocycles. The maximum atomic E-state index is 5.28. The predicted molar refractivity (Wildman–Crippen MR) is 112 cm³/mol. The van der Waals surface area contributed by atoms with Crippen LogP contribution in [-0.4, -0.2) is 64.3 Å². The highest BCUT2D eigenvalue weighted by molar-refractivity contribution is 14.0. The highest BCUT2D eigenvalue weighted by Gasteiger charge is 2.36. The largest absolute Gasteiger partial charge is 0.385 e. The number of guanidine groups is 1. The summed E-state index contributed by atoms with van der Waals surface area (Å²) in [5.74, 6) is 1.73. The third-order valence-electron chi connectivity index (χ3n) is 5.45. The molecule has 1 atom stereocenters. The van der Waals surface area contributed by atoms with Crippen molar-refractivity contribution < 1.29 is 4.74 Å². The molecule has 142 valence electrons. The number of halogens is 1. The van der Waals surface area contributed by atoms with Crippen molar-refractivity contribution in [2.24, 2.45) is 16.3 Å². The Morgan fingerprint density at radius 1 is 1.29 bits per heavy atom. The zero-order valence-electron chi connectivity index (χ0n) is 15.8. The predicted octanol–water partition coefficient (Wildman–Crippen LogP) is 2.71. The molecule has 1 saturated heterocycles. The van der Waals surface area contributed by atoms with Gasteiger partial charge in [-0.1, -0.05) is 6.42 Å². The Labute approximate surface area is 165 Å². The van der Waals surface area contributed by atoms with Gasteiger partial charge in [-0.3, -0.25) is 4.99 Å². The summed E-state index contributed by atoms with van der Waals surface area (Å²) in [6, 6.07) is 0. The fourth-order valence-electron chi connectivity index (χ4n) is 3.75.